The van der Waals surface area contributed by atoms with E-state index < -0.39 is 0 Å². The van der Waals surface area contributed by atoms with Crippen molar-refractivity contribution in [3.05, 3.63) is 47.0 Å². The predicted octanol–water partition coefficient (Wildman–Crippen LogP) is 6.42. The molecule has 0 amide bonds. The largest absolute Gasteiger partial charge is 0.458 e. The molecule has 1 fully saturated rings. The fourth-order valence-corrected chi connectivity index (χ4v) is 3.94. The number of allylic oxidation sites excluding steroid dienone is 1. The number of hydrogen-bond donors (Lipinski definition) is 0. The standard InChI is InChI=1S/C24H35NO3S/c1-5-7-8-9-10-11-12-14-24(26)28-22(16-23-21(27-23)13-6-2)18(3)15-20-17-29-19(4)25-20/h5-6,15,17,21-23H,1-2,7-14,16H2,3-4H3/b18-15+/t21-,22+,23+/m1/s1. The van der Waals surface area contributed by atoms with Crippen molar-refractivity contribution in [2.24, 2.45) is 0 Å². The molecule has 160 valence electrons. The van der Waals surface area contributed by atoms with Crippen molar-refractivity contribution in [1.82, 2.24) is 4.98 Å². The lowest BCUT2D eigenvalue weighted by atomic mass is 10.0. The van der Waals surface area contributed by atoms with Gasteiger partial charge in [0.25, 0.3) is 0 Å². The highest BCUT2D eigenvalue weighted by atomic mass is 32.1. The van der Waals surface area contributed by atoms with Crippen LogP contribution in [0.5, 0.6) is 0 Å². The monoisotopic (exact) mass is 417 g/mol. The smallest absolute Gasteiger partial charge is 0.306 e. The Morgan fingerprint density at radius 2 is 2.00 bits per heavy atom. The normalized spacial score (nSPS) is 19.6. The van der Waals surface area contributed by atoms with Gasteiger partial charge in [0.2, 0.25) is 0 Å². The Morgan fingerprint density at radius 3 is 2.69 bits per heavy atom. The van der Waals surface area contributed by atoms with E-state index in [4.69, 9.17) is 9.47 Å². The number of esters is 1. The molecule has 0 radical (unpaired) electrons. The number of nitrogens with zero attached hydrogens (tertiary/aromatic N) is 1. The van der Waals surface area contributed by atoms with Crippen molar-refractivity contribution in [3.63, 3.8) is 0 Å². The van der Waals surface area contributed by atoms with Crippen LogP contribution >= 0.6 is 11.3 Å². The Hall–Kier alpha value is -1.72. The Morgan fingerprint density at radius 1 is 1.24 bits per heavy atom. The Balaban J connectivity index is 1.84. The SMILES string of the molecule is C=CCCCCCCCC(=O)O[C@@H](C[C@@H]1O[C@@H]1CC=C)/C(C)=C/c1csc(C)n1. The van der Waals surface area contributed by atoms with Crippen molar-refractivity contribution in [1.29, 1.82) is 0 Å². The van der Waals surface area contributed by atoms with Crippen LogP contribution in [0.15, 0.2) is 36.3 Å². The quantitative estimate of drug-likeness (QED) is 0.143. The van der Waals surface area contributed by atoms with Crippen LogP contribution in [0.3, 0.4) is 0 Å². The number of rotatable bonds is 15. The molecule has 3 atom stereocenters. The zero-order chi connectivity index (χ0) is 21.1. The molecule has 0 bridgehead atoms. The molecule has 1 aliphatic heterocycles. The molecule has 0 unspecified atom stereocenters. The highest BCUT2D eigenvalue weighted by Crippen LogP contribution is 2.32. The summed E-state index contributed by atoms with van der Waals surface area (Å²) >= 11 is 1.62. The van der Waals surface area contributed by atoms with Crippen LogP contribution in [0.1, 0.15) is 75.4 Å². The first-order valence-electron chi connectivity index (χ1n) is 10.7. The third-order valence-corrected chi connectivity index (χ3v) is 5.91. The molecule has 4 nitrogen and oxygen atoms in total. The van der Waals surface area contributed by atoms with Crippen molar-refractivity contribution in [2.75, 3.05) is 0 Å². The van der Waals surface area contributed by atoms with E-state index >= 15 is 0 Å². The molecule has 1 aromatic rings. The van der Waals surface area contributed by atoms with Gasteiger partial charge in [-0.05, 0) is 51.2 Å². The third-order valence-electron chi connectivity index (χ3n) is 5.12. The second kappa shape index (κ2) is 12.8. The van der Waals surface area contributed by atoms with Gasteiger partial charge in [-0.25, -0.2) is 4.98 Å². The van der Waals surface area contributed by atoms with Crippen LogP contribution in [-0.2, 0) is 14.3 Å². The van der Waals surface area contributed by atoms with Gasteiger partial charge >= 0.3 is 5.97 Å². The van der Waals surface area contributed by atoms with Crippen LogP contribution in [-0.4, -0.2) is 29.3 Å². The molecule has 0 saturated carbocycles. The van der Waals surface area contributed by atoms with Gasteiger partial charge in [0.05, 0.1) is 22.9 Å². The molecule has 2 heterocycles. The van der Waals surface area contributed by atoms with Crippen LogP contribution in [0.4, 0.5) is 0 Å². The minimum atomic E-state index is -0.267. The van der Waals surface area contributed by atoms with E-state index in [1.165, 1.54) is 12.8 Å². The predicted molar refractivity (Wildman–Crippen MR) is 121 cm³/mol. The number of aryl methyl sites for hydroxylation is 1. The first-order chi connectivity index (χ1) is 14.0. The zero-order valence-corrected chi connectivity index (χ0v) is 18.7. The number of carbonyl (C=O) groups is 1. The maximum Gasteiger partial charge on any atom is 0.306 e. The van der Waals surface area contributed by atoms with Gasteiger partial charge in [-0.15, -0.1) is 24.5 Å². The van der Waals surface area contributed by atoms with E-state index in [9.17, 15) is 4.79 Å². The maximum absolute atomic E-state index is 12.4. The van der Waals surface area contributed by atoms with E-state index in [2.05, 4.69) is 18.1 Å². The number of unbranched alkanes of at least 4 members (excludes halogenated alkanes) is 5. The molecule has 0 N–H and O–H groups in total. The van der Waals surface area contributed by atoms with Gasteiger partial charge in [-0.1, -0.05) is 31.4 Å². The molecule has 0 spiro atoms. The third kappa shape index (κ3) is 9.09. The molecule has 29 heavy (non-hydrogen) atoms. The number of thiazole rings is 1. The Kier molecular flexibility index (Phi) is 10.4. The summed E-state index contributed by atoms with van der Waals surface area (Å²) in [4.78, 5) is 16.9. The number of epoxide rings is 1. The minimum Gasteiger partial charge on any atom is -0.458 e. The summed E-state index contributed by atoms with van der Waals surface area (Å²) < 4.78 is 11.6. The van der Waals surface area contributed by atoms with Crippen molar-refractivity contribution >= 4 is 23.4 Å². The Labute approximate surface area is 179 Å². The lowest BCUT2D eigenvalue weighted by Crippen LogP contribution is -2.22. The molecular weight excluding hydrogens is 382 g/mol. The lowest BCUT2D eigenvalue weighted by molar-refractivity contribution is -0.147. The van der Waals surface area contributed by atoms with Gasteiger partial charge in [-0.2, -0.15) is 0 Å². The van der Waals surface area contributed by atoms with E-state index in [0.29, 0.717) is 12.8 Å². The number of ether oxygens (including phenoxy) is 2. The molecule has 0 aromatic carbocycles. The van der Waals surface area contributed by atoms with E-state index in [1.807, 2.05) is 37.5 Å². The summed E-state index contributed by atoms with van der Waals surface area (Å²) in [5.74, 6) is -0.121. The van der Waals surface area contributed by atoms with Crippen LogP contribution in [0.25, 0.3) is 6.08 Å². The summed E-state index contributed by atoms with van der Waals surface area (Å²) in [6.45, 7) is 11.5. The fourth-order valence-electron chi connectivity index (χ4n) is 3.37. The molecule has 1 aliphatic rings. The summed E-state index contributed by atoms with van der Waals surface area (Å²) in [6, 6.07) is 0. The zero-order valence-electron chi connectivity index (χ0n) is 17.9. The highest BCUT2D eigenvalue weighted by Gasteiger charge is 2.40. The van der Waals surface area contributed by atoms with Gasteiger partial charge < -0.3 is 9.47 Å². The van der Waals surface area contributed by atoms with E-state index in [1.54, 1.807) is 11.3 Å². The number of carbonyl (C=O) groups excluding carboxylic acids is 1. The first kappa shape index (κ1) is 23.6. The van der Waals surface area contributed by atoms with Gasteiger partial charge in [0.1, 0.15) is 6.10 Å². The minimum absolute atomic E-state index is 0.121. The fraction of sp³-hybridized carbons (Fsp3) is 0.583. The van der Waals surface area contributed by atoms with E-state index in [0.717, 1.165) is 48.4 Å². The van der Waals surface area contributed by atoms with Gasteiger partial charge in [-0.3, -0.25) is 4.79 Å². The average molecular weight is 418 g/mol. The van der Waals surface area contributed by atoms with Crippen LogP contribution in [0, 0.1) is 6.92 Å². The van der Waals surface area contributed by atoms with Gasteiger partial charge in [0, 0.05) is 18.2 Å². The van der Waals surface area contributed by atoms with Crippen LogP contribution in [0.2, 0.25) is 0 Å². The van der Waals surface area contributed by atoms with Crippen LogP contribution < -0.4 is 0 Å². The summed E-state index contributed by atoms with van der Waals surface area (Å²) in [6.07, 6.45) is 14.5. The summed E-state index contributed by atoms with van der Waals surface area (Å²) in [7, 11) is 0. The highest BCUT2D eigenvalue weighted by molar-refractivity contribution is 7.09. The van der Waals surface area contributed by atoms with Crippen molar-refractivity contribution < 1.29 is 14.3 Å². The van der Waals surface area contributed by atoms with Crippen molar-refractivity contribution in [2.45, 2.75) is 89.9 Å². The topological polar surface area (TPSA) is 51.7 Å². The maximum atomic E-state index is 12.4. The second-order valence-corrected chi connectivity index (χ2v) is 8.79. The molecule has 0 aliphatic carbocycles. The molecule has 2 rings (SSSR count). The summed E-state index contributed by atoms with van der Waals surface area (Å²) in [5.41, 5.74) is 1.94. The lowest BCUT2D eigenvalue weighted by Gasteiger charge is -2.18. The second-order valence-electron chi connectivity index (χ2n) is 7.73. The number of aromatic nitrogens is 1. The summed E-state index contributed by atoms with van der Waals surface area (Å²) in [5, 5.41) is 3.06. The molecule has 1 saturated heterocycles. The van der Waals surface area contributed by atoms with E-state index in [-0.39, 0.29) is 24.3 Å². The first-order valence-corrected chi connectivity index (χ1v) is 11.6. The van der Waals surface area contributed by atoms with Crippen molar-refractivity contribution in [3.8, 4) is 0 Å². The molecule has 5 heteroatoms. The number of hydrogen-bond acceptors (Lipinski definition) is 5. The Bertz CT molecular complexity index is 694. The molecular formula is C24H35NO3S. The molecule has 1 aromatic heterocycles. The average Bonchev–Trinajstić information content (AvgIpc) is 3.29. The van der Waals surface area contributed by atoms with Gasteiger partial charge in [0.15, 0.2) is 0 Å².